The highest BCUT2D eigenvalue weighted by Crippen LogP contribution is 2.22. The third kappa shape index (κ3) is 5.26. The lowest BCUT2D eigenvalue weighted by atomic mass is 9.87. The lowest BCUT2D eigenvalue weighted by Crippen LogP contribution is -2.45. The van der Waals surface area contributed by atoms with Crippen LogP contribution in [0.3, 0.4) is 0 Å². The molecule has 0 aliphatic carbocycles. The zero-order valence-corrected chi connectivity index (χ0v) is 18.0. The molecule has 0 radical (unpaired) electrons. The molecule has 1 aliphatic rings. The van der Waals surface area contributed by atoms with Crippen LogP contribution in [-0.4, -0.2) is 29.2 Å². The van der Waals surface area contributed by atoms with E-state index in [2.05, 4.69) is 31.6 Å². The number of carbonyl (C=O) groups excluding carboxylic acids is 3. The van der Waals surface area contributed by atoms with E-state index < -0.39 is 5.92 Å². The van der Waals surface area contributed by atoms with Gasteiger partial charge >= 0.3 is 0 Å². The largest absolute Gasteiger partial charge is 0.338 e. The summed E-state index contributed by atoms with van der Waals surface area (Å²) < 4.78 is 0. The number of benzene rings is 2. The average molecular weight is 408 g/mol. The first-order chi connectivity index (χ1) is 14.1. The van der Waals surface area contributed by atoms with Crippen molar-refractivity contribution in [1.82, 2.24) is 15.8 Å². The fourth-order valence-electron chi connectivity index (χ4n) is 3.43. The molecule has 1 heterocycles. The number of hydrazine groups is 1. The van der Waals surface area contributed by atoms with Gasteiger partial charge in [0.25, 0.3) is 5.91 Å². The van der Waals surface area contributed by atoms with E-state index in [0.717, 1.165) is 16.7 Å². The number of likely N-dealkylation sites (tertiary alicyclic amines) is 1. The maximum Gasteiger partial charge on any atom is 0.269 e. The van der Waals surface area contributed by atoms with Crippen molar-refractivity contribution in [2.45, 2.75) is 46.1 Å². The number of rotatable bonds is 4. The molecule has 6 heteroatoms. The first-order valence-corrected chi connectivity index (χ1v) is 10.2. The van der Waals surface area contributed by atoms with Crippen LogP contribution in [0.25, 0.3) is 0 Å². The van der Waals surface area contributed by atoms with Gasteiger partial charge < -0.3 is 4.90 Å². The van der Waals surface area contributed by atoms with Crippen LogP contribution in [-0.2, 0) is 21.5 Å². The predicted molar refractivity (Wildman–Crippen MR) is 115 cm³/mol. The molecule has 0 bridgehead atoms. The zero-order valence-electron chi connectivity index (χ0n) is 18.0. The predicted octanol–water partition coefficient (Wildman–Crippen LogP) is 3.10. The summed E-state index contributed by atoms with van der Waals surface area (Å²) in [5.74, 6) is -1.27. The van der Waals surface area contributed by atoms with Crippen LogP contribution < -0.4 is 10.9 Å². The molecule has 158 valence electrons. The first-order valence-electron chi connectivity index (χ1n) is 10.2. The summed E-state index contributed by atoms with van der Waals surface area (Å²) in [4.78, 5) is 38.7. The molecule has 2 aromatic rings. The Labute approximate surface area is 177 Å². The van der Waals surface area contributed by atoms with Crippen LogP contribution in [0.2, 0.25) is 0 Å². The van der Waals surface area contributed by atoms with Crippen LogP contribution in [0.1, 0.15) is 54.2 Å². The van der Waals surface area contributed by atoms with E-state index in [0.29, 0.717) is 18.7 Å². The summed E-state index contributed by atoms with van der Waals surface area (Å²) >= 11 is 0. The Morgan fingerprint density at radius 3 is 2.23 bits per heavy atom. The molecule has 30 heavy (non-hydrogen) atoms. The molecule has 1 fully saturated rings. The van der Waals surface area contributed by atoms with Gasteiger partial charge in [-0.3, -0.25) is 25.2 Å². The van der Waals surface area contributed by atoms with Gasteiger partial charge in [0, 0.05) is 25.1 Å². The van der Waals surface area contributed by atoms with E-state index in [4.69, 9.17) is 0 Å². The minimum atomic E-state index is -0.480. The van der Waals surface area contributed by atoms with Gasteiger partial charge in [0.2, 0.25) is 11.8 Å². The van der Waals surface area contributed by atoms with Crippen molar-refractivity contribution >= 4 is 17.7 Å². The van der Waals surface area contributed by atoms with E-state index in [1.165, 1.54) is 0 Å². The smallest absolute Gasteiger partial charge is 0.269 e. The lowest BCUT2D eigenvalue weighted by molar-refractivity contribution is -0.129. The number of nitrogens with zero attached hydrogens (tertiary/aromatic N) is 1. The van der Waals surface area contributed by atoms with Crippen LogP contribution in [0.5, 0.6) is 0 Å². The maximum absolute atomic E-state index is 12.5. The monoisotopic (exact) mass is 407 g/mol. The van der Waals surface area contributed by atoms with Crippen molar-refractivity contribution in [2.75, 3.05) is 6.54 Å². The number of carbonyl (C=O) groups is 3. The van der Waals surface area contributed by atoms with Crippen LogP contribution >= 0.6 is 0 Å². The number of hydrogen-bond donors (Lipinski definition) is 2. The standard InChI is InChI=1S/C24H29N3O3/c1-16-5-7-17(8-6-16)14-27-15-19(13-21(27)28)23(30)26-25-22(29)18-9-11-20(12-10-18)24(2,3)4/h5-12,19H,13-15H2,1-4H3,(H,25,29)(H,26,30)/t19-/m1/s1. The minimum Gasteiger partial charge on any atom is -0.338 e. The SMILES string of the molecule is Cc1ccc(CN2C[C@H](C(=O)NNC(=O)c3ccc(C(C)(C)C)cc3)CC2=O)cc1. The third-order valence-electron chi connectivity index (χ3n) is 5.39. The third-order valence-corrected chi connectivity index (χ3v) is 5.39. The topological polar surface area (TPSA) is 78.5 Å². The molecule has 0 unspecified atom stereocenters. The Balaban J connectivity index is 1.51. The highest BCUT2D eigenvalue weighted by Gasteiger charge is 2.34. The van der Waals surface area contributed by atoms with Gasteiger partial charge in [0.15, 0.2) is 0 Å². The van der Waals surface area contributed by atoms with E-state index in [1.54, 1.807) is 17.0 Å². The molecule has 2 N–H and O–H groups in total. The summed E-state index contributed by atoms with van der Waals surface area (Å²) in [6.45, 7) is 9.15. The average Bonchev–Trinajstić information content (AvgIpc) is 3.07. The zero-order chi connectivity index (χ0) is 21.9. The van der Waals surface area contributed by atoms with Crippen molar-refractivity contribution in [2.24, 2.45) is 5.92 Å². The summed E-state index contributed by atoms with van der Waals surface area (Å²) in [7, 11) is 0. The lowest BCUT2D eigenvalue weighted by Gasteiger charge is -2.19. The Bertz CT molecular complexity index is 928. The minimum absolute atomic E-state index is 0.00266. The molecular weight excluding hydrogens is 378 g/mol. The van der Waals surface area contributed by atoms with Gasteiger partial charge in [-0.1, -0.05) is 62.7 Å². The highest BCUT2D eigenvalue weighted by molar-refractivity contribution is 5.96. The van der Waals surface area contributed by atoms with E-state index in [1.807, 2.05) is 43.3 Å². The van der Waals surface area contributed by atoms with Crippen molar-refractivity contribution in [1.29, 1.82) is 0 Å². The summed E-state index contributed by atoms with van der Waals surface area (Å²) in [5, 5.41) is 0. The molecule has 1 atom stereocenters. The van der Waals surface area contributed by atoms with Crippen molar-refractivity contribution < 1.29 is 14.4 Å². The number of amides is 3. The molecule has 3 rings (SSSR count). The number of nitrogens with one attached hydrogen (secondary N) is 2. The molecular formula is C24H29N3O3. The first kappa shape index (κ1) is 21.6. The number of hydrogen-bond acceptors (Lipinski definition) is 3. The second-order valence-electron chi connectivity index (χ2n) is 8.93. The highest BCUT2D eigenvalue weighted by atomic mass is 16.2. The molecule has 1 saturated heterocycles. The second kappa shape index (κ2) is 8.69. The van der Waals surface area contributed by atoms with Gasteiger partial charge in [0.1, 0.15) is 0 Å². The molecule has 2 aromatic carbocycles. The molecule has 0 aromatic heterocycles. The summed E-state index contributed by atoms with van der Waals surface area (Å²) in [6, 6.07) is 15.3. The molecule has 3 amide bonds. The van der Waals surface area contributed by atoms with Gasteiger partial charge in [-0.15, -0.1) is 0 Å². The van der Waals surface area contributed by atoms with Gasteiger partial charge in [-0.2, -0.15) is 0 Å². The van der Waals surface area contributed by atoms with Gasteiger partial charge in [0.05, 0.1) is 5.92 Å². The summed E-state index contributed by atoms with van der Waals surface area (Å²) in [6.07, 6.45) is 0.147. The molecule has 0 saturated carbocycles. The van der Waals surface area contributed by atoms with E-state index in [-0.39, 0.29) is 29.6 Å². The van der Waals surface area contributed by atoms with Crippen molar-refractivity contribution in [3.8, 4) is 0 Å². The van der Waals surface area contributed by atoms with E-state index in [9.17, 15) is 14.4 Å². The van der Waals surface area contributed by atoms with Crippen LogP contribution in [0.4, 0.5) is 0 Å². The van der Waals surface area contributed by atoms with Crippen molar-refractivity contribution in [3.63, 3.8) is 0 Å². The Kier molecular flexibility index (Phi) is 6.25. The quantitative estimate of drug-likeness (QED) is 0.765. The second-order valence-corrected chi connectivity index (χ2v) is 8.93. The Morgan fingerprint density at radius 2 is 1.63 bits per heavy atom. The molecule has 1 aliphatic heterocycles. The van der Waals surface area contributed by atoms with Gasteiger partial charge in [-0.25, -0.2) is 0 Å². The van der Waals surface area contributed by atoms with Crippen LogP contribution in [0, 0.1) is 12.8 Å². The molecule has 0 spiro atoms. The van der Waals surface area contributed by atoms with Crippen molar-refractivity contribution in [3.05, 3.63) is 70.8 Å². The Morgan fingerprint density at radius 1 is 1.00 bits per heavy atom. The van der Waals surface area contributed by atoms with E-state index >= 15 is 0 Å². The number of aryl methyl sites for hydroxylation is 1. The normalized spacial score (nSPS) is 16.5. The summed E-state index contributed by atoms with van der Waals surface area (Å²) in [5.41, 5.74) is 8.70. The van der Waals surface area contributed by atoms with Crippen LogP contribution in [0.15, 0.2) is 48.5 Å². The fourth-order valence-corrected chi connectivity index (χ4v) is 3.43. The van der Waals surface area contributed by atoms with Gasteiger partial charge in [-0.05, 0) is 35.6 Å². The maximum atomic E-state index is 12.5. The molecule has 6 nitrogen and oxygen atoms in total. The Hall–Kier alpha value is -3.15. The fraction of sp³-hybridized carbons (Fsp3) is 0.375.